The lowest BCUT2D eigenvalue weighted by Crippen LogP contribution is -2.36. The van der Waals surface area contributed by atoms with Crippen LogP contribution in [0.1, 0.15) is 85.6 Å². The summed E-state index contributed by atoms with van der Waals surface area (Å²) in [6.07, 6.45) is 7.40. The van der Waals surface area contributed by atoms with Crippen molar-refractivity contribution in [2.24, 2.45) is 17.3 Å². The fourth-order valence-electron chi connectivity index (χ4n) is 3.79. The first-order valence-electron chi connectivity index (χ1n) is 8.99. The van der Waals surface area contributed by atoms with E-state index in [1.54, 1.807) is 11.3 Å². The maximum atomic E-state index is 12.4. The molecule has 1 aromatic rings. The second-order valence-corrected chi connectivity index (χ2v) is 9.48. The van der Waals surface area contributed by atoms with Gasteiger partial charge in [-0.1, -0.05) is 33.6 Å². The zero-order valence-electron chi connectivity index (χ0n) is 14.9. The standard InChI is InChI=1S/C19H29NO2S/c1-12-16(23-17(20-12)14-7-5-6-8-14)18(21)22-11-13-9-15(10-13)19(2,3)4/h13-15H,5-11H2,1-4H3. The maximum absolute atomic E-state index is 12.4. The van der Waals surface area contributed by atoms with Crippen molar-refractivity contribution in [2.75, 3.05) is 6.61 Å². The SMILES string of the molecule is Cc1nc(C2CCCC2)sc1C(=O)OCC1CC(C(C)(C)C)C1. The van der Waals surface area contributed by atoms with Crippen molar-refractivity contribution in [1.29, 1.82) is 0 Å². The first-order valence-corrected chi connectivity index (χ1v) is 9.80. The lowest BCUT2D eigenvalue weighted by atomic mass is 9.63. The van der Waals surface area contributed by atoms with Gasteiger partial charge in [0.05, 0.1) is 17.3 Å². The van der Waals surface area contributed by atoms with Crippen molar-refractivity contribution in [3.8, 4) is 0 Å². The van der Waals surface area contributed by atoms with E-state index in [1.807, 2.05) is 6.92 Å². The number of carbonyl (C=O) groups excluding carboxylic acids is 1. The van der Waals surface area contributed by atoms with Crippen LogP contribution in [-0.4, -0.2) is 17.6 Å². The Morgan fingerprint density at radius 2 is 1.91 bits per heavy atom. The Morgan fingerprint density at radius 3 is 2.52 bits per heavy atom. The molecule has 2 saturated carbocycles. The fraction of sp³-hybridized carbons (Fsp3) is 0.789. The van der Waals surface area contributed by atoms with E-state index in [-0.39, 0.29) is 5.97 Å². The van der Waals surface area contributed by atoms with Gasteiger partial charge in [0.25, 0.3) is 0 Å². The summed E-state index contributed by atoms with van der Waals surface area (Å²) in [5.41, 5.74) is 1.23. The molecule has 23 heavy (non-hydrogen) atoms. The van der Waals surface area contributed by atoms with Gasteiger partial charge in [0.2, 0.25) is 0 Å². The second kappa shape index (κ2) is 6.54. The molecule has 0 radical (unpaired) electrons. The molecule has 3 nitrogen and oxygen atoms in total. The highest BCUT2D eigenvalue weighted by molar-refractivity contribution is 7.13. The highest BCUT2D eigenvalue weighted by Crippen LogP contribution is 2.45. The minimum absolute atomic E-state index is 0.163. The molecule has 2 fully saturated rings. The number of hydrogen-bond donors (Lipinski definition) is 0. The first kappa shape index (κ1) is 16.9. The van der Waals surface area contributed by atoms with Crippen LogP contribution in [0.3, 0.4) is 0 Å². The van der Waals surface area contributed by atoms with E-state index in [0.717, 1.165) is 21.5 Å². The lowest BCUT2D eigenvalue weighted by molar-refractivity contribution is 0.00889. The van der Waals surface area contributed by atoms with E-state index < -0.39 is 0 Å². The molecule has 0 atom stereocenters. The molecular formula is C19H29NO2S. The monoisotopic (exact) mass is 335 g/mol. The van der Waals surface area contributed by atoms with Gasteiger partial charge < -0.3 is 4.74 Å². The topological polar surface area (TPSA) is 39.2 Å². The normalized spacial score (nSPS) is 25.4. The van der Waals surface area contributed by atoms with E-state index in [9.17, 15) is 4.79 Å². The summed E-state index contributed by atoms with van der Waals surface area (Å²) < 4.78 is 5.58. The molecule has 0 saturated heterocycles. The fourth-order valence-corrected chi connectivity index (χ4v) is 4.92. The summed E-state index contributed by atoms with van der Waals surface area (Å²) in [5, 5.41) is 1.14. The predicted octanol–water partition coefficient (Wildman–Crippen LogP) is 5.34. The average molecular weight is 336 g/mol. The van der Waals surface area contributed by atoms with Gasteiger partial charge >= 0.3 is 5.97 Å². The van der Waals surface area contributed by atoms with Crippen LogP contribution < -0.4 is 0 Å². The van der Waals surface area contributed by atoms with Gasteiger partial charge in [-0.15, -0.1) is 11.3 Å². The number of thiazole rings is 1. The molecule has 0 spiro atoms. The molecule has 0 amide bonds. The number of carbonyl (C=O) groups is 1. The Bertz CT molecular complexity index is 560. The van der Waals surface area contributed by atoms with E-state index in [4.69, 9.17) is 4.74 Å². The number of nitrogens with zero attached hydrogens (tertiary/aromatic N) is 1. The molecule has 1 aromatic heterocycles. The smallest absolute Gasteiger partial charge is 0.350 e. The van der Waals surface area contributed by atoms with Gasteiger partial charge in [0.1, 0.15) is 4.88 Å². The molecule has 2 aliphatic rings. The van der Waals surface area contributed by atoms with Crippen molar-refractivity contribution < 1.29 is 9.53 Å². The number of rotatable bonds is 4. The van der Waals surface area contributed by atoms with Crippen molar-refractivity contribution in [1.82, 2.24) is 4.98 Å². The average Bonchev–Trinajstić information content (AvgIpc) is 3.03. The Kier molecular flexibility index (Phi) is 4.82. The van der Waals surface area contributed by atoms with Crippen LogP contribution in [0.4, 0.5) is 0 Å². The lowest BCUT2D eigenvalue weighted by Gasteiger charge is -2.43. The third-order valence-electron chi connectivity index (χ3n) is 5.61. The molecule has 0 N–H and O–H groups in total. The van der Waals surface area contributed by atoms with Gasteiger partial charge in [-0.25, -0.2) is 9.78 Å². The minimum Gasteiger partial charge on any atom is -0.461 e. The zero-order chi connectivity index (χ0) is 16.6. The van der Waals surface area contributed by atoms with Crippen molar-refractivity contribution >= 4 is 17.3 Å². The van der Waals surface area contributed by atoms with Crippen molar-refractivity contribution in [2.45, 2.75) is 72.1 Å². The van der Waals surface area contributed by atoms with Gasteiger partial charge in [-0.05, 0) is 49.9 Å². The summed E-state index contributed by atoms with van der Waals surface area (Å²) in [4.78, 5) is 17.7. The van der Waals surface area contributed by atoms with Gasteiger partial charge in [0, 0.05) is 5.92 Å². The molecule has 4 heteroatoms. The summed E-state index contributed by atoms with van der Waals surface area (Å²) in [6, 6.07) is 0. The van der Waals surface area contributed by atoms with Crippen molar-refractivity contribution in [3.05, 3.63) is 15.6 Å². The number of ether oxygens (including phenoxy) is 1. The van der Waals surface area contributed by atoms with Crippen LogP contribution in [0, 0.1) is 24.2 Å². The maximum Gasteiger partial charge on any atom is 0.350 e. The van der Waals surface area contributed by atoms with E-state index in [0.29, 0.717) is 23.9 Å². The number of aromatic nitrogens is 1. The molecule has 0 aliphatic heterocycles. The Hall–Kier alpha value is -0.900. The predicted molar refractivity (Wildman–Crippen MR) is 94.0 cm³/mol. The Morgan fingerprint density at radius 1 is 1.26 bits per heavy atom. The molecule has 0 aromatic carbocycles. The van der Waals surface area contributed by atoms with E-state index in [1.165, 1.54) is 38.5 Å². The highest BCUT2D eigenvalue weighted by atomic mass is 32.1. The third-order valence-corrected chi connectivity index (χ3v) is 6.91. The van der Waals surface area contributed by atoms with Crippen LogP contribution >= 0.6 is 11.3 Å². The minimum atomic E-state index is -0.163. The van der Waals surface area contributed by atoms with Gasteiger partial charge in [-0.2, -0.15) is 0 Å². The quantitative estimate of drug-likeness (QED) is 0.697. The van der Waals surface area contributed by atoms with E-state index >= 15 is 0 Å². The third kappa shape index (κ3) is 3.78. The molecule has 1 heterocycles. The number of aryl methyl sites for hydroxylation is 1. The Balaban J connectivity index is 1.51. The zero-order valence-corrected chi connectivity index (χ0v) is 15.7. The molecule has 128 valence electrons. The summed E-state index contributed by atoms with van der Waals surface area (Å²) in [7, 11) is 0. The molecule has 0 bridgehead atoms. The van der Waals surface area contributed by atoms with Crippen LogP contribution in [0.2, 0.25) is 0 Å². The number of esters is 1. The van der Waals surface area contributed by atoms with E-state index in [2.05, 4.69) is 25.8 Å². The molecular weight excluding hydrogens is 306 g/mol. The van der Waals surface area contributed by atoms with Crippen LogP contribution in [0.25, 0.3) is 0 Å². The van der Waals surface area contributed by atoms with Gasteiger partial charge in [0.15, 0.2) is 0 Å². The second-order valence-electron chi connectivity index (χ2n) is 8.45. The van der Waals surface area contributed by atoms with Crippen LogP contribution in [-0.2, 0) is 4.74 Å². The summed E-state index contributed by atoms with van der Waals surface area (Å²) in [5.74, 6) is 1.72. The highest BCUT2D eigenvalue weighted by Gasteiger charge is 2.37. The number of hydrogen-bond acceptors (Lipinski definition) is 4. The van der Waals surface area contributed by atoms with Crippen molar-refractivity contribution in [3.63, 3.8) is 0 Å². The first-order chi connectivity index (χ1) is 10.8. The molecule has 0 unspecified atom stereocenters. The largest absolute Gasteiger partial charge is 0.461 e. The van der Waals surface area contributed by atoms with Gasteiger partial charge in [-0.3, -0.25) is 0 Å². The summed E-state index contributed by atoms with van der Waals surface area (Å²) in [6.45, 7) is 9.40. The van der Waals surface area contributed by atoms with Crippen LogP contribution in [0.5, 0.6) is 0 Å². The molecule has 3 rings (SSSR count). The molecule has 2 aliphatic carbocycles. The van der Waals surface area contributed by atoms with Crippen LogP contribution in [0.15, 0.2) is 0 Å². The summed E-state index contributed by atoms with van der Waals surface area (Å²) >= 11 is 1.56. The Labute approximate surface area is 143 Å².